The molecular weight excluding hydrogens is 368 g/mol. The fourth-order valence-electron chi connectivity index (χ4n) is 3.13. The second-order valence-electron chi connectivity index (χ2n) is 6.79. The first-order chi connectivity index (χ1) is 12.8. The zero-order valence-corrected chi connectivity index (χ0v) is 16.1. The molecule has 3 rings (SSSR count). The predicted octanol–water partition coefficient (Wildman–Crippen LogP) is 1.51. The number of rotatable bonds is 6. The van der Waals surface area contributed by atoms with Crippen molar-refractivity contribution in [3.05, 3.63) is 47.9 Å². The molecule has 8 nitrogen and oxygen atoms in total. The van der Waals surface area contributed by atoms with E-state index < -0.39 is 16.2 Å². The van der Waals surface area contributed by atoms with Crippen molar-refractivity contribution in [2.45, 2.75) is 12.8 Å². The molecule has 2 heterocycles. The van der Waals surface area contributed by atoms with Crippen molar-refractivity contribution in [2.75, 3.05) is 27.2 Å². The number of hydrogen-bond donors (Lipinski definition) is 1. The zero-order chi connectivity index (χ0) is 19.6. The number of benzene rings is 1. The molecule has 1 aliphatic heterocycles. The van der Waals surface area contributed by atoms with Crippen LogP contribution in [0.4, 0.5) is 0 Å². The Morgan fingerprint density at radius 1 is 1.26 bits per heavy atom. The Bertz CT molecular complexity index is 929. The van der Waals surface area contributed by atoms with Gasteiger partial charge in [-0.25, -0.2) is 9.78 Å². The van der Waals surface area contributed by atoms with E-state index in [0.29, 0.717) is 25.2 Å². The minimum atomic E-state index is -3.38. The fraction of sp³-hybridized carbons (Fsp3) is 0.389. The van der Waals surface area contributed by atoms with E-state index in [0.717, 1.165) is 17.7 Å². The van der Waals surface area contributed by atoms with Crippen LogP contribution in [0.15, 0.2) is 36.7 Å². The Balaban J connectivity index is 1.71. The van der Waals surface area contributed by atoms with Crippen LogP contribution in [-0.4, -0.2) is 65.3 Å². The number of aromatic carboxylic acids is 1. The molecule has 1 atom stereocenters. The Hall–Kier alpha value is -2.36. The van der Waals surface area contributed by atoms with Gasteiger partial charge >= 0.3 is 5.97 Å². The van der Waals surface area contributed by atoms with E-state index in [4.69, 9.17) is 5.11 Å². The average Bonchev–Trinajstić information content (AvgIpc) is 3.11. The Kier molecular flexibility index (Phi) is 5.54. The van der Waals surface area contributed by atoms with Crippen molar-refractivity contribution in [3.63, 3.8) is 0 Å². The van der Waals surface area contributed by atoms with Crippen molar-refractivity contribution in [3.8, 4) is 11.3 Å². The molecule has 27 heavy (non-hydrogen) atoms. The molecule has 0 spiro atoms. The quantitative estimate of drug-likeness (QED) is 0.802. The van der Waals surface area contributed by atoms with Gasteiger partial charge < -0.3 is 5.11 Å². The molecule has 1 aromatic carbocycles. The molecule has 0 radical (unpaired) electrons. The number of hydrogen-bond acceptors (Lipinski definition) is 5. The summed E-state index contributed by atoms with van der Waals surface area (Å²) in [7, 11) is -0.312. The SMILES string of the molecule is CN(C)S(=O)(=O)N1CC[C@H](Cc2cncc(-c3ccc(C(=O)O)cc3)n2)C1. The molecule has 0 saturated carbocycles. The largest absolute Gasteiger partial charge is 0.478 e. The highest BCUT2D eigenvalue weighted by Gasteiger charge is 2.32. The van der Waals surface area contributed by atoms with Crippen molar-refractivity contribution in [2.24, 2.45) is 5.92 Å². The summed E-state index contributed by atoms with van der Waals surface area (Å²) in [6, 6.07) is 6.48. The molecule has 1 fully saturated rings. The Labute approximate surface area is 158 Å². The number of carboxylic acid groups (broad SMARTS) is 1. The monoisotopic (exact) mass is 390 g/mol. The molecule has 1 N–H and O–H groups in total. The van der Waals surface area contributed by atoms with Gasteiger partial charge in [0.2, 0.25) is 0 Å². The van der Waals surface area contributed by atoms with Crippen molar-refractivity contribution < 1.29 is 18.3 Å². The van der Waals surface area contributed by atoms with Gasteiger partial charge in [-0.3, -0.25) is 4.98 Å². The van der Waals surface area contributed by atoms with Gasteiger partial charge in [0, 0.05) is 38.9 Å². The lowest BCUT2D eigenvalue weighted by Gasteiger charge is -2.20. The first-order valence-corrected chi connectivity index (χ1v) is 9.99. The minimum Gasteiger partial charge on any atom is -0.478 e. The van der Waals surface area contributed by atoms with Crippen LogP contribution in [0.25, 0.3) is 11.3 Å². The van der Waals surface area contributed by atoms with Gasteiger partial charge in [-0.05, 0) is 30.9 Å². The molecule has 144 valence electrons. The van der Waals surface area contributed by atoms with E-state index in [9.17, 15) is 13.2 Å². The van der Waals surface area contributed by atoms with Gasteiger partial charge in [-0.1, -0.05) is 12.1 Å². The molecule has 0 amide bonds. The fourth-order valence-corrected chi connectivity index (χ4v) is 4.32. The molecule has 0 bridgehead atoms. The summed E-state index contributed by atoms with van der Waals surface area (Å²) < 4.78 is 27.2. The summed E-state index contributed by atoms with van der Waals surface area (Å²) in [5.74, 6) is -0.779. The lowest BCUT2D eigenvalue weighted by atomic mass is 10.0. The normalized spacial score (nSPS) is 18.1. The van der Waals surface area contributed by atoms with E-state index in [-0.39, 0.29) is 11.5 Å². The van der Waals surface area contributed by atoms with Crippen LogP contribution in [0.2, 0.25) is 0 Å². The summed E-state index contributed by atoms with van der Waals surface area (Å²) in [6.45, 7) is 0.981. The Morgan fingerprint density at radius 3 is 2.59 bits per heavy atom. The standard InChI is InChI=1S/C18H22N4O4S/c1-21(2)27(25,26)22-8-7-13(12-22)9-16-10-19-11-17(20-16)14-3-5-15(6-4-14)18(23)24/h3-6,10-11,13H,7-9,12H2,1-2H3,(H,23,24)/t13-/m1/s1. The summed E-state index contributed by atoms with van der Waals surface area (Å²) in [5, 5.41) is 8.98. The molecule has 1 aromatic heterocycles. The van der Waals surface area contributed by atoms with Gasteiger partial charge in [0.25, 0.3) is 10.2 Å². The minimum absolute atomic E-state index is 0.193. The number of aromatic nitrogens is 2. The van der Waals surface area contributed by atoms with E-state index >= 15 is 0 Å². The highest BCUT2D eigenvalue weighted by atomic mass is 32.2. The summed E-state index contributed by atoms with van der Waals surface area (Å²) in [6.07, 6.45) is 4.76. The molecule has 0 aliphatic carbocycles. The lowest BCUT2D eigenvalue weighted by Crippen LogP contribution is -2.38. The van der Waals surface area contributed by atoms with Crippen LogP contribution in [0, 0.1) is 5.92 Å². The molecule has 1 aliphatic rings. The van der Waals surface area contributed by atoms with Crippen molar-refractivity contribution in [1.29, 1.82) is 0 Å². The maximum absolute atomic E-state index is 12.2. The third kappa shape index (κ3) is 4.32. The van der Waals surface area contributed by atoms with Crippen LogP contribution < -0.4 is 0 Å². The van der Waals surface area contributed by atoms with Gasteiger partial charge in [-0.2, -0.15) is 17.0 Å². The Morgan fingerprint density at radius 2 is 1.96 bits per heavy atom. The smallest absolute Gasteiger partial charge is 0.335 e. The van der Waals surface area contributed by atoms with Gasteiger partial charge in [-0.15, -0.1) is 0 Å². The molecule has 2 aromatic rings. The number of carboxylic acids is 1. The molecular formula is C18H22N4O4S. The van der Waals surface area contributed by atoms with E-state index in [1.54, 1.807) is 24.5 Å². The topological polar surface area (TPSA) is 104 Å². The second kappa shape index (κ2) is 7.71. The predicted molar refractivity (Wildman–Crippen MR) is 100 cm³/mol. The van der Waals surface area contributed by atoms with Crippen LogP contribution in [0.3, 0.4) is 0 Å². The molecule has 1 saturated heterocycles. The second-order valence-corrected chi connectivity index (χ2v) is 8.93. The highest BCUT2D eigenvalue weighted by molar-refractivity contribution is 7.86. The average molecular weight is 390 g/mol. The maximum atomic E-state index is 12.2. The maximum Gasteiger partial charge on any atom is 0.335 e. The summed E-state index contributed by atoms with van der Waals surface area (Å²) in [4.78, 5) is 19.8. The third-order valence-corrected chi connectivity index (χ3v) is 6.55. The van der Waals surface area contributed by atoms with E-state index in [1.165, 1.54) is 34.8 Å². The molecule has 9 heteroatoms. The molecule has 0 unspecified atom stereocenters. The number of carbonyl (C=O) groups is 1. The third-order valence-electron chi connectivity index (χ3n) is 4.65. The van der Waals surface area contributed by atoms with Gasteiger partial charge in [0.05, 0.1) is 23.1 Å². The van der Waals surface area contributed by atoms with Crippen LogP contribution in [0.1, 0.15) is 22.5 Å². The van der Waals surface area contributed by atoms with Crippen LogP contribution >= 0.6 is 0 Å². The van der Waals surface area contributed by atoms with Crippen LogP contribution in [-0.2, 0) is 16.6 Å². The van der Waals surface area contributed by atoms with Crippen molar-refractivity contribution >= 4 is 16.2 Å². The van der Waals surface area contributed by atoms with Crippen molar-refractivity contribution in [1.82, 2.24) is 18.6 Å². The van der Waals surface area contributed by atoms with E-state index in [2.05, 4.69) is 9.97 Å². The highest BCUT2D eigenvalue weighted by Crippen LogP contribution is 2.24. The van der Waals surface area contributed by atoms with Gasteiger partial charge in [0.1, 0.15) is 0 Å². The zero-order valence-electron chi connectivity index (χ0n) is 15.2. The first kappa shape index (κ1) is 19.4. The first-order valence-electron chi connectivity index (χ1n) is 8.59. The van der Waals surface area contributed by atoms with Gasteiger partial charge in [0.15, 0.2) is 0 Å². The number of nitrogens with zero attached hydrogens (tertiary/aromatic N) is 4. The summed E-state index contributed by atoms with van der Waals surface area (Å²) in [5.41, 5.74) is 2.47. The van der Waals surface area contributed by atoms with E-state index in [1.807, 2.05) is 0 Å². The van der Waals surface area contributed by atoms with Crippen LogP contribution in [0.5, 0.6) is 0 Å². The lowest BCUT2D eigenvalue weighted by molar-refractivity contribution is 0.0697. The summed E-state index contributed by atoms with van der Waals surface area (Å²) >= 11 is 0.